The number of carboxylic acids is 1. The molecule has 2 atom stereocenters. The molecule has 1 rings (SSSR count). The summed E-state index contributed by atoms with van der Waals surface area (Å²) in [7, 11) is -3.30. The monoisotopic (exact) mass is 308 g/mol. The van der Waals surface area contributed by atoms with Crippen molar-refractivity contribution in [3.05, 3.63) is 0 Å². The van der Waals surface area contributed by atoms with Gasteiger partial charge in [0.1, 0.15) is 0 Å². The predicted octanol–water partition coefficient (Wildman–Crippen LogP) is -1.39. The maximum absolute atomic E-state index is 11.9. The van der Waals surface area contributed by atoms with Gasteiger partial charge in [0.15, 0.2) is 6.10 Å². The first kappa shape index (κ1) is 16.9. The molecular weight excluding hydrogens is 288 g/mol. The average Bonchev–Trinajstić information content (AvgIpc) is 2.37. The highest BCUT2D eigenvalue weighted by atomic mass is 32.2. The van der Waals surface area contributed by atoms with Crippen molar-refractivity contribution in [2.75, 3.05) is 25.9 Å². The van der Waals surface area contributed by atoms with Gasteiger partial charge in [-0.25, -0.2) is 17.5 Å². The zero-order valence-corrected chi connectivity index (χ0v) is 12.1. The van der Waals surface area contributed by atoms with E-state index in [9.17, 15) is 18.0 Å². The first-order chi connectivity index (χ1) is 9.21. The molecule has 20 heavy (non-hydrogen) atoms. The molecule has 0 aromatic carbocycles. The number of sulfonamides is 1. The number of rotatable bonds is 6. The molecule has 0 radical (unpaired) electrons. The molecule has 1 aliphatic heterocycles. The highest BCUT2D eigenvalue weighted by molar-refractivity contribution is 7.88. The molecule has 1 fully saturated rings. The quantitative estimate of drug-likeness (QED) is 0.555. The number of hydrogen-bond acceptors (Lipinski definition) is 5. The Hall–Kier alpha value is -1.19. The van der Waals surface area contributed by atoms with Crippen LogP contribution >= 0.6 is 0 Å². The van der Waals surface area contributed by atoms with Crippen LogP contribution in [0.1, 0.15) is 19.3 Å². The normalized spacial score (nSPS) is 22.2. The van der Waals surface area contributed by atoms with Crippen molar-refractivity contribution in [1.82, 2.24) is 9.62 Å². The summed E-state index contributed by atoms with van der Waals surface area (Å²) in [4.78, 5) is 22.3. The Balaban J connectivity index is 2.42. The van der Waals surface area contributed by atoms with Crippen LogP contribution < -0.4 is 5.32 Å². The Bertz CT molecular complexity index is 464. The number of hydrogen-bond donors (Lipinski definition) is 3. The van der Waals surface area contributed by atoms with Crippen LogP contribution in [0.15, 0.2) is 0 Å². The van der Waals surface area contributed by atoms with E-state index in [-0.39, 0.29) is 25.4 Å². The van der Waals surface area contributed by atoms with Crippen LogP contribution in [0.5, 0.6) is 0 Å². The number of piperidine rings is 1. The SMILES string of the molecule is CS(=O)(=O)N1CCCC(C(=O)NCC[C@H](O)C(=O)O)C1. The van der Waals surface area contributed by atoms with E-state index in [1.165, 1.54) is 4.31 Å². The van der Waals surface area contributed by atoms with E-state index in [0.29, 0.717) is 19.4 Å². The first-order valence-electron chi connectivity index (χ1n) is 6.35. The molecule has 0 bridgehead atoms. The van der Waals surface area contributed by atoms with Crippen LogP contribution in [-0.2, 0) is 19.6 Å². The van der Waals surface area contributed by atoms with Crippen molar-refractivity contribution in [3.8, 4) is 0 Å². The number of amides is 1. The van der Waals surface area contributed by atoms with Gasteiger partial charge in [-0.2, -0.15) is 0 Å². The van der Waals surface area contributed by atoms with Gasteiger partial charge in [0.05, 0.1) is 12.2 Å². The largest absolute Gasteiger partial charge is 0.479 e. The van der Waals surface area contributed by atoms with Crippen molar-refractivity contribution in [2.24, 2.45) is 5.92 Å². The molecule has 1 saturated heterocycles. The third-order valence-electron chi connectivity index (χ3n) is 3.23. The lowest BCUT2D eigenvalue weighted by Gasteiger charge is -2.30. The van der Waals surface area contributed by atoms with Gasteiger partial charge < -0.3 is 15.5 Å². The van der Waals surface area contributed by atoms with Gasteiger partial charge in [0.2, 0.25) is 15.9 Å². The lowest BCUT2D eigenvalue weighted by molar-refractivity contribution is -0.147. The van der Waals surface area contributed by atoms with E-state index in [1.54, 1.807) is 0 Å². The third-order valence-corrected chi connectivity index (χ3v) is 4.50. The van der Waals surface area contributed by atoms with Crippen LogP contribution in [0.25, 0.3) is 0 Å². The molecule has 1 amide bonds. The van der Waals surface area contributed by atoms with E-state index in [1.807, 2.05) is 0 Å². The molecule has 0 spiro atoms. The Morgan fingerprint density at radius 3 is 2.65 bits per heavy atom. The van der Waals surface area contributed by atoms with Gasteiger partial charge >= 0.3 is 5.97 Å². The van der Waals surface area contributed by atoms with Gasteiger partial charge in [0, 0.05) is 26.1 Å². The van der Waals surface area contributed by atoms with Gasteiger partial charge in [-0.3, -0.25) is 4.79 Å². The lowest BCUT2D eigenvalue weighted by atomic mass is 9.99. The van der Waals surface area contributed by atoms with Crippen molar-refractivity contribution in [2.45, 2.75) is 25.4 Å². The van der Waals surface area contributed by atoms with Crippen molar-refractivity contribution in [1.29, 1.82) is 0 Å². The number of aliphatic hydroxyl groups is 1. The second-order valence-corrected chi connectivity index (χ2v) is 6.88. The van der Waals surface area contributed by atoms with Gasteiger partial charge in [-0.1, -0.05) is 0 Å². The van der Waals surface area contributed by atoms with Crippen LogP contribution in [-0.4, -0.2) is 66.8 Å². The minimum Gasteiger partial charge on any atom is -0.479 e. The first-order valence-corrected chi connectivity index (χ1v) is 8.20. The molecule has 1 unspecified atom stereocenters. The topological polar surface area (TPSA) is 124 Å². The zero-order valence-electron chi connectivity index (χ0n) is 11.3. The zero-order chi connectivity index (χ0) is 15.3. The number of nitrogens with zero attached hydrogens (tertiary/aromatic N) is 1. The summed E-state index contributed by atoms with van der Waals surface area (Å²) in [5.74, 6) is -2.07. The van der Waals surface area contributed by atoms with Crippen LogP contribution in [0, 0.1) is 5.92 Å². The smallest absolute Gasteiger partial charge is 0.332 e. The van der Waals surface area contributed by atoms with Gasteiger partial charge in [0.25, 0.3) is 0 Å². The molecule has 3 N–H and O–H groups in total. The Morgan fingerprint density at radius 1 is 1.45 bits per heavy atom. The number of aliphatic hydroxyl groups excluding tert-OH is 1. The minimum atomic E-state index is -3.30. The van der Waals surface area contributed by atoms with Crippen molar-refractivity contribution < 1.29 is 28.2 Å². The Kier molecular flexibility index (Phi) is 5.90. The molecule has 0 aliphatic carbocycles. The fourth-order valence-corrected chi connectivity index (χ4v) is 2.97. The molecule has 9 heteroatoms. The molecular formula is C11H20N2O6S. The Labute approximate surface area is 117 Å². The van der Waals surface area contributed by atoms with Gasteiger partial charge in [-0.05, 0) is 12.8 Å². The minimum absolute atomic E-state index is 0.0433. The summed E-state index contributed by atoms with van der Waals surface area (Å²) in [5.41, 5.74) is 0. The van der Waals surface area contributed by atoms with Gasteiger partial charge in [-0.15, -0.1) is 0 Å². The molecule has 0 aromatic rings. The third kappa shape index (κ3) is 5.06. The summed E-state index contributed by atoms with van der Waals surface area (Å²) >= 11 is 0. The van der Waals surface area contributed by atoms with E-state index < -0.39 is 28.0 Å². The van der Waals surface area contributed by atoms with E-state index >= 15 is 0 Å². The van der Waals surface area contributed by atoms with Crippen LogP contribution in [0.2, 0.25) is 0 Å². The van der Waals surface area contributed by atoms with E-state index in [0.717, 1.165) is 6.26 Å². The summed E-state index contributed by atoms with van der Waals surface area (Å²) in [6, 6.07) is 0. The summed E-state index contributed by atoms with van der Waals surface area (Å²) in [6.45, 7) is 0.605. The highest BCUT2D eigenvalue weighted by Gasteiger charge is 2.30. The predicted molar refractivity (Wildman–Crippen MR) is 70.4 cm³/mol. The van der Waals surface area contributed by atoms with Crippen LogP contribution in [0.3, 0.4) is 0 Å². The van der Waals surface area contributed by atoms with Crippen molar-refractivity contribution in [3.63, 3.8) is 0 Å². The maximum atomic E-state index is 11.9. The van der Waals surface area contributed by atoms with Crippen molar-refractivity contribution >= 4 is 21.9 Å². The summed E-state index contributed by atoms with van der Waals surface area (Å²) in [5, 5.41) is 20.1. The lowest BCUT2D eigenvalue weighted by Crippen LogP contribution is -2.45. The molecule has 0 aromatic heterocycles. The number of carbonyl (C=O) groups excluding carboxylic acids is 1. The fourth-order valence-electron chi connectivity index (χ4n) is 2.06. The Morgan fingerprint density at radius 2 is 2.10 bits per heavy atom. The number of carbonyl (C=O) groups is 2. The molecule has 1 heterocycles. The number of carboxylic acid groups (broad SMARTS) is 1. The molecule has 0 saturated carbocycles. The summed E-state index contributed by atoms with van der Waals surface area (Å²) in [6.07, 6.45) is 0.733. The maximum Gasteiger partial charge on any atom is 0.332 e. The van der Waals surface area contributed by atoms with E-state index in [4.69, 9.17) is 10.2 Å². The standard InChI is InChI=1S/C11H20N2O6S/c1-20(18,19)13-6-2-3-8(7-13)10(15)12-5-4-9(14)11(16)17/h8-9,14H,2-7H2,1H3,(H,12,15)(H,16,17)/t8?,9-/m0/s1. The molecule has 8 nitrogen and oxygen atoms in total. The van der Waals surface area contributed by atoms with Crippen LogP contribution in [0.4, 0.5) is 0 Å². The summed E-state index contributed by atoms with van der Waals surface area (Å²) < 4.78 is 24.1. The second kappa shape index (κ2) is 7.00. The highest BCUT2D eigenvalue weighted by Crippen LogP contribution is 2.18. The van der Waals surface area contributed by atoms with E-state index in [2.05, 4.69) is 5.32 Å². The second-order valence-electron chi connectivity index (χ2n) is 4.89. The molecule has 116 valence electrons. The number of nitrogens with one attached hydrogen (secondary N) is 1. The number of aliphatic carboxylic acids is 1. The fraction of sp³-hybridized carbons (Fsp3) is 0.818. The average molecular weight is 308 g/mol. The molecule has 1 aliphatic rings.